The van der Waals surface area contributed by atoms with Crippen LogP contribution in [0.3, 0.4) is 0 Å². The number of nitrogens with one attached hydrogen (secondary N) is 1. The molecule has 0 fully saturated rings. The molecule has 0 radical (unpaired) electrons. The molecule has 0 unspecified atom stereocenters. The summed E-state index contributed by atoms with van der Waals surface area (Å²) in [5.74, 6) is 7.27. The molecule has 0 aliphatic carbocycles. The lowest BCUT2D eigenvalue weighted by molar-refractivity contribution is 0.408. The zero-order valence-electron chi connectivity index (χ0n) is 10.5. The second-order valence-electron chi connectivity index (χ2n) is 3.80. The van der Waals surface area contributed by atoms with Gasteiger partial charge in [-0.25, -0.2) is 0 Å². The number of benzene rings is 1. The maximum atomic E-state index is 5.32. The van der Waals surface area contributed by atoms with E-state index in [1.54, 1.807) is 7.11 Å². The maximum Gasteiger partial charge on any atom is 0.124 e. The van der Waals surface area contributed by atoms with Crippen molar-refractivity contribution in [1.29, 1.82) is 0 Å². The minimum atomic E-state index is 0.876. The first-order valence-electron chi connectivity index (χ1n) is 5.47. The molecule has 1 rings (SSSR count). The number of ether oxygens (including phenoxy) is 1. The first-order chi connectivity index (χ1) is 7.69. The van der Waals surface area contributed by atoms with Gasteiger partial charge in [0.25, 0.3) is 0 Å². The fourth-order valence-electron chi connectivity index (χ4n) is 1.70. The van der Waals surface area contributed by atoms with Gasteiger partial charge in [-0.15, -0.1) is 0 Å². The minimum absolute atomic E-state index is 0.876. The largest absolute Gasteiger partial charge is 0.496 e. The Morgan fingerprint density at radius 2 is 1.88 bits per heavy atom. The van der Waals surface area contributed by atoms with Gasteiger partial charge in [0.1, 0.15) is 5.75 Å². The van der Waals surface area contributed by atoms with Crippen LogP contribution in [0.2, 0.25) is 0 Å². The Morgan fingerprint density at radius 1 is 1.25 bits per heavy atom. The molecule has 0 bridgehead atoms. The van der Waals surface area contributed by atoms with E-state index in [-0.39, 0.29) is 0 Å². The highest BCUT2D eigenvalue weighted by Gasteiger charge is 2.03. The van der Waals surface area contributed by atoms with Crippen molar-refractivity contribution in [1.82, 2.24) is 5.32 Å². The fraction of sp³-hybridized carbons (Fsp3) is 0.429. The van der Waals surface area contributed by atoms with Crippen molar-refractivity contribution in [3.63, 3.8) is 0 Å². The van der Waals surface area contributed by atoms with Crippen LogP contribution < -0.4 is 10.1 Å². The van der Waals surface area contributed by atoms with E-state index in [0.29, 0.717) is 0 Å². The van der Waals surface area contributed by atoms with E-state index < -0.39 is 0 Å². The number of hydrogen-bond acceptors (Lipinski definition) is 2. The van der Waals surface area contributed by atoms with E-state index in [2.05, 4.69) is 29.3 Å². The Bertz CT molecular complexity index is 389. The van der Waals surface area contributed by atoms with Crippen molar-refractivity contribution in [3.05, 3.63) is 28.8 Å². The van der Waals surface area contributed by atoms with Crippen LogP contribution in [0.25, 0.3) is 0 Å². The first-order valence-corrected chi connectivity index (χ1v) is 5.47. The Kier molecular flexibility index (Phi) is 4.88. The normalized spacial score (nSPS) is 9.50. The molecule has 0 aliphatic heterocycles. The molecule has 0 atom stereocenters. The molecule has 0 saturated heterocycles. The lowest BCUT2D eigenvalue weighted by Gasteiger charge is -2.08. The standard InChI is InChI=1S/C14H19NO/c1-11-9-13(7-5-6-8-15-3)10-12(2)14(11)16-4/h9-10,15H,6,8H2,1-4H3. The zero-order valence-corrected chi connectivity index (χ0v) is 10.5. The van der Waals surface area contributed by atoms with Gasteiger partial charge in [0, 0.05) is 18.5 Å². The Balaban J connectivity index is 2.86. The van der Waals surface area contributed by atoms with Gasteiger partial charge in [0.05, 0.1) is 7.11 Å². The smallest absolute Gasteiger partial charge is 0.124 e. The molecule has 0 heterocycles. The summed E-state index contributed by atoms with van der Waals surface area (Å²) in [5, 5.41) is 3.07. The third kappa shape index (κ3) is 3.29. The molecule has 86 valence electrons. The highest BCUT2D eigenvalue weighted by atomic mass is 16.5. The van der Waals surface area contributed by atoms with Gasteiger partial charge in [-0.1, -0.05) is 11.8 Å². The molecule has 0 saturated carbocycles. The summed E-state index contributed by atoms with van der Waals surface area (Å²) in [5.41, 5.74) is 3.34. The van der Waals surface area contributed by atoms with Crippen molar-refractivity contribution in [3.8, 4) is 17.6 Å². The molecular weight excluding hydrogens is 198 g/mol. The molecule has 1 aromatic carbocycles. The minimum Gasteiger partial charge on any atom is -0.496 e. The molecule has 2 heteroatoms. The SMILES string of the molecule is CNCCC#Cc1cc(C)c(OC)c(C)c1. The summed E-state index contributed by atoms with van der Waals surface area (Å²) in [6.07, 6.45) is 0.876. The first kappa shape index (κ1) is 12.6. The molecule has 0 amide bonds. The Labute approximate surface area is 98.0 Å². The van der Waals surface area contributed by atoms with Crippen molar-refractivity contribution in [2.75, 3.05) is 20.7 Å². The van der Waals surface area contributed by atoms with Crippen LogP contribution in [0.15, 0.2) is 12.1 Å². The number of aryl methyl sites for hydroxylation is 2. The van der Waals surface area contributed by atoms with E-state index in [9.17, 15) is 0 Å². The van der Waals surface area contributed by atoms with E-state index in [1.807, 2.05) is 20.9 Å². The molecule has 16 heavy (non-hydrogen) atoms. The highest BCUT2D eigenvalue weighted by Crippen LogP contribution is 2.23. The lowest BCUT2D eigenvalue weighted by atomic mass is 10.1. The van der Waals surface area contributed by atoms with Crippen LogP contribution in [-0.2, 0) is 0 Å². The van der Waals surface area contributed by atoms with Crippen LogP contribution >= 0.6 is 0 Å². The van der Waals surface area contributed by atoms with Gasteiger partial charge in [0.15, 0.2) is 0 Å². The van der Waals surface area contributed by atoms with Gasteiger partial charge in [-0.2, -0.15) is 0 Å². The van der Waals surface area contributed by atoms with Gasteiger partial charge in [-0.3, -0.25) is 0 Å². The van der Waals surface area contributed by atoms with Crippen molar-refractivity contribution < 1.29 is 4.74 Å². The summed E-state index contributed by atoms with van der Waals surface area (Å²) >= 11 is 0. The molecule has 2 nitrogen and oxygen atoms in total. The summed E-state index contributed by atoms with van der Waals surface area (Å²) in [7, 11) is 3.64. The molecule has 0 aliphatic rings. The number of hydrogen-bond donors (Lipinski definition) is 1. The monoisotopic (exact) mass is 217 g/mol. The fourth-order valence-corrected chi connectivity index (χ4v) is 1.70. The number of methoxy groups -OCH3 is 1. The topological polar surface area (TPSA) is 21.3 Å². The average molecular weight is 217 g/mol. The third-order valence-corrected chi connectivity index (χ3v) is 2.40. The predicted molar refractivity (Wildman–Crippen MR) is 67.9 cm³/mol. The Morgan fingerprint density at radius 3 is 2.38 bits per heavy atom. The van der Waals surface area contributed by atoms with Crippen molar-refractivity contribution >= 4 is 0 Å². The van der Waals surface area contributed by atoms with Crippen LogP contribution in [0.4, 0.5) is 0 Å². The molecule has 1 N–H and O–H groups in total. The Hall–Kier alpha value is -1.46. The maximum absolute atomic E-state index is 5.32. The zero-order chi connectivity index (χ0) is 12.0. The summed E-state index contributed by atoms with van der Waals surface area (Å²) in [6, 6.07) is 4.14. The average Bonchev–Trinajstić information content (AvgIpc) is 2.24. The predicted octanol–water partition coefficient (Wildman–Crippen LogP) is 2.27. The second-order valence-corrected chi connectivity index (χ2v) is 3.80. The van der Waals surface area contributed by atoms with E-state index >= 15 is 0 Å². The van der Waals surface area contributed by atoms with Crippen LogP contribution in [0.5, 0.6) is 5.75 Å². The molecule has 0 aromatic heterocycles. The van der Waals surface area contributed by atoms with Gasteiger partial charge in [-0.05, 0) is 44.2 Å². The molecular formula is C14H19NO. The van der Waals surface area contributed by atoms with Gasteiger partial charge >= 0.3 is 0 Å². The summed E-state index contributed by atoms with van der Waals surface area (Å²) in [4.78, 5) is 0. The van der Waals surface area contributed by atoms with E-state index in [1.165, 1.54) is 0 Å². The highest BCUT2D eigenvalue weighted by molar-refractivity contribution is 5.48. The third-order valence-electron chi connectivity index (χ3n) is 2.40. The number of rotatable bonds is 3. The van der Waals surface area contributed by atoms with E-state index in [0.717, 1.165) is 35.4 Å². The van der Waals surface area contributed by atoms with Gasteiger partial charge in [0.2, 0.25) is 0 Å². The molecule has 1 aromatic rings. The van der Waals surface area contributed by atoms with Crippen LogP contribution in [0, 0.1) is 25.7 Å². The van der Waals surface area contributed by atoms with Crippen molar-refractivity contribution in [2.45, 2.75) is 20.3 Å². The quantitative estimate of drug-likeness (QED) is 0.619. The molecule has 0 spiro atoms. The van der Waals surface area contributed by atoms with Crippen LogP contribution in [0.1, 0.15) is 23.1 Å². The summed E-state index contributed by atoms with van der Waals surface area (Å²) in [6.45, 7) is 5.02. The van der Waals surface area contributed by atoms with Crippen LogP contribution in [-0.4, -0.2) is 20.7 Å². The second kappa shape index (κ2) is 6.19. The van der Waals surface area contributed by atoms with E-state index in [4.69, 9.17) is 4.74 Å². The van der Waals surface area contributed by atoms with Crippen molar-refractivity contribution in [2.24, 2.45) is 0 Å². The lowest BCUT2D eigenvalue weighted by Crippen LogP contribution is -2.05. The summed E-state index contributed by atoms with van der Waals surface area (Å²) < 4.78 is 5.32. The van der Waals surface area contributed by atoms with Gasteiger partial charge < -0.3 is 10.1 Å².